The molecule has 1 aliphatic rings. The molecule has 0 radical (unpaired) electrons. The SMILES string of the molecule is Cc1ccc2c(c1)C(=O)N(CC(=O)Nc1ccc(OC(F)F)c(Cl)c1)C2=O. The number of aryl methyl sites for hydroxylation is 1. The first kappa shape index (κ1) is 18.8. The molecule has 0 aromatic heterocycles. The van der Waals surface area contributed by atoms with Crippen LogP contribution in [0.25, 0.3) is 0 Å². The van der Waals surface area contributed by atoms with Gasteiger partial charge < -0.3 is 10.1 Å². The number of ether oxygens (including phenoxy) is 1. The first-order valence-corrected chi connectivity index (χ1v) is 8.15. The van der Waals surface area contributed by atoms with Crippen molar-refractivity contribution < 1.29 is 27.9 Å². The number of alkyl halides is 2. The highest BCUT2D eigenvalue weighted by atomic mass is 35.5. The second-order valence-corrected chi connectivity index (χ2v) is 6.22. The lowest BCUT2D eigenvalue weighted by Crippen LogP contribution is -2.37. The normalized spacial score (nSPS) is 13.1. The van der Waals surface area contributed by atoms with Crippen molar-refractivity contribution in [3.05, 3.63) is 58.1 Å². The number of carbonyl (C=O) groups is 3. The van der Waals surface area contributed by atoms with Crippen molar-refractivity contribution in [3.8, 4) is 5.75 Å². The monoisotopic (exact) mass is 394 g/mol. The molecule has 9 heteroatoms. The van der Waals surface area contributed by atoms with E-state index in [2.05, 4.69) is 10.1 Å². The molecular formula is C18H13ClF2N2O4. The number of benzene rings is 2. The molecule has 0 fully saturated rings. The predicted octanol–water partition coefficient (Wildman–Crippen LogP) is 3.48. The number of halogens is 3. The van der Waals surface area contributed by atoms with E-state index in [9.17, 15) is 23.2 Å². The van der Waals surface area contributed by atoms with Crippen molar-refractivity contribution in [1.29, 1.82) is 0 Å². The summed E-state index contributed by atoms with van der Waals surface area (Å²) in [5.41, 5.74) is 1.53. The van der Waals surface area contributed by atoms with E-state index in [1.54, 1.807) is 25.1 Å². The maximum Gasteiger partial charge on any atom is 0.387 e. The number of nitrogens with one attached hydrogen (secondary N) is 1. The summed E-state index contributed by atoms with van der Waals surface area (Å²) in [5, 5.41) is 2.34. The first-order chi connectivity index (χ1) is 12.8. The Morgan fingerprint density at radius 3 is 2.52 bits per heavy atom. The fraction of sp³-hybridized carbons (Fsp3) is 0.167. The van der Waals surface area contributed by atoms with Gasteiger partial charge in [0.25, 0.3) is 11.8 Å². The quantitative estimate of drug-likeness (QED) is 0.788. The van der Waals surface area contributed by atoms with Crippen molar-refractivity contribution in [2.24, 2.45) is 0 Å². The molecule has 0 unspecified atom stereocenters. The van der Waals surface area contributed by atoms with Gasteiger partial charge in [0.2, 0.25) is 5.91 Å². The molecule has 1 aliphatic heterocycles. The number of imide groups is 1. The summed E-state index contributed by atoms with van der Waals surface area (Å²) < 4.78 is 28.7. The van der Waals surface area contributed by atoms with Crippen LogP contribution in [-0.4, -0.2) is 35.8 Å². The van der Waals surface area contributed by atoms with E-state index in [-0.39, 0.29) is 27.6 Å². The molecule has 140 valence electrons. The van der Waals surface area contributed by atoms with Crippen molar-refractivity contribution >= 4 is 35.0 Å². The standard InChI is InChI=1S/C18H13ClF2N2O4/c1-9-2-4-11-12(6-9)17(26)23(16(11)25)8-15(24)22-10-3-5-14(13(19)7-10)27-18(20)21/h2-7,18H,8H2,1H3,(H,22,24). The van der Waals surface area contributed by atoms with Crippen molar-refractivity contribution in [2.45, 2.75) is 13.5 Å². The Hall–Kier alpha value is -3.00. The topological polar surface area (TPSA) is 75.7 Å². The lowest BCUT2D eigenvalue weighted by molar-refractivity contribution is -0.116. The van der Waals surface area contributed by atoms with Gasteiger partial charge in [-0.25, -0.2) is 0 Å². The van der Waals surface area contributed by atoms with Crippen LogP contribution in [0.5, 0.6) is 5.75 Å². The smallest absolute Gasteiger partial charge is 0.387 e. The van der Waals surface area contributed by atoms with Crippen LogP contribution in [-0.2, 0) is 4.79 Å². The summed E-state index contributed by atoms with van der Waals surface area (Å²) in [5.74, 6) is -1.98. The number of rotatable bonds is 5. The Morgan fingerprint density at radius 1 is 1.15 bits per heavy atom. The van der Waals surface area contributed by atoms with Gasteiger partial charge in [0.05, 0.1) is 16.1 Å². The predicted molar refractivity (Wildman–Crippen MR) is 93.3 cm³/mol. The van der Waals surface area contributed by atoms with Gasteiger partial charge in [0.1, 0.15) is 12.3 Å². The Bertz CT molecular complexity index is 949. The molecule has 0 aliphatic carbocycles. The molecule has 2 aromatic rings. The molecule has 0 saturated carbocycles. The lowest BCUT2D eigenvalue weighted by Gasteiger charge is -2.14. The van der Waals surface area contributed by atoms with E-state index < -0.39 is 30.9 Å². The summed E-state index contributed by atoms with van der Waals surface area (Å²) in [4.78, 5) is 37.7. The van der Waals surface area contributed by atoms with Crippen molar-refractivity contribution in [3.63, 3.8) is 0 Å². The number of anilines is 1. The van der Waals surface area contributed by atoms with E-state index >= 15 is 0 Å². The van der Waals surface area contributed by atoms with Crippen LogP contribution in [0.3, 0.4) is 0 Å². The number of hydrogen-bond donors (Lipinski definition) is 1. The highest BCUT2D eigenvalue weighted by molar-refractivity contribution is 6.32. The summed E-state index contributed by atoms with van der Waals surface area (Å²) in [6.07, 6.45) is 0. The lowest BCUT2D eigenvalue weighted by atomic mass is 10.1. The molecule has 3 amide bonds. The van der Waals surface area contributed by atoms with Gasteiger partial charge in [-0.3, -0.25) is 19.3 Å². The fourth-order valence-electron chi connectivity index (χ4n) is 2.66. The number of carbonyl (C=O) groups excluding carboxylic acids is 3. The van der Waals surface area contributed by atoms with Crippen molar-refractivity contribution in [1.82, 2.24) is 4.90 Å². The summed E-state index contributed by atoms with van der Waals surface area (Å²) in [6.45, 7) is -1.72. The molecular weight excluding hydrogens is 382 g/mol. The maximum atomic E-state index is 12.4. The third kappa shape index (κ3) is 3.90. The number of amides is 3. The minimum absolute atomic E-state index is 0.121. The average molecular weight is 395 g/mol. The van der Waals surface area contributed by atoms with Crippen molar-refractivity contribution in [2.75, 3.05) is 11.9 Å². The molecule has 27 heavy (non-hydrogen) atoms. The summed E-state index contributed by atoms with van der Waals surface area (Å²) in [6, 6.07) is 8.56. The minimum Gasteiger partial charge on any atom is -0.433 e. The highest BCUT2D eigenvalue weighted by Crippen LogP contribution is 2.29. The van der Waals surface area contributed by atoms with E-state index in [0.29, 0.717) is 0 Å². The molecule has 2 aromatic carbocycles. The van der Waals surface area contributed by atoms with Gasteiger partial charge in [-0.2, -0.15) is 8.78 Å². The average Bonchev–Trinajstić information content (AvgIpc) is 2.81. The van der Waals surface area contributed by atoms with Gasteiger partial charge in [-0.15, -0.1) is 0 Å². The van der Waals surface area contributed by atoms with Gasteiger partial charge in [0, 0.05) is 5.69 Å². The maximum absolute atomic E-state index is 12.4. The highest BCUT2D eigenvalue weighted by Gasteiger charge is 2.36. The van der Waals surface area contributed by atoms with E-state index in [0.717, 1.165) is 10.5 Å². The summed E-state index contributed by atoms with van der Waals surface area (Å²) >= 11 is 5.82. The zero-order chi connectivity index (χ0) is 19.7. The third-order valence-electron chi connectivity index (χ3n) is 3.86. The molecule has 0 saturated heterocycles. The van der Waals surface area contributed by atoms with Crippen LogP contribution in [0.2, 0.25) is 5.02 Å². The molecule has 6 nitrogen and oxygen atoms in total. The largest absolute Gasteiger partial charge is 0.433 e. The molecule has 0 atom stereocenters. The van der Waals surface area contributed by atoms with Crippen LogP contribution >= 0.6 is 11.6 Å². The molecule has 3 rings (SSSR count). The van der Waals surface area contributed by atoms with E-state index in [4.69, 9.17) is 11.6 Å². The summed E-state index contributed by atoms with van der Waals surface area (Å²) in [7, 11) is 0. The second kappa shape index (κ2) is 7.32. The Labute approximate surface area is 157 Å². The van der Waals surface area contributed by atoms with E-state index in [1.165, 1.54) is 18.2 Å². The molecule has 1 N–H and O–H groups in total. The third-order valence-corrected chi connectivity index (χ3v) is 4.15. The van der Waals surface area contributed by atoms with Crippen LogP contribution in [0.4, 0.5) is 14.5 Å². The van der Waals surface area contributed by atoms with Crippen LogP contribution in [0.1, 0.15) is 26.3 Å². The van der Waals surface area contributed by atoms with Gasteiger partial charge in [-0.1, -0.05) is 23.2 Å². The second-order valence-electron chi connectivity index (χ2n) is 5.82. The van der Waals surface area contributed by atoms with Crippen LogP contribution in [0.15, 0.2) is 36.4 Å². The Kier molecular flexibility index (Phi) is 5.09. The Morgan fingerprint density at radius 2 is 1.85 bits per heavy atom. The molecule has 0 spiro atoms. The first-order valence-electron chi connectivity index (χ1n) is 7.77. The number of fused-ring (bicyclic) bond motifs is 1. The zero-order valence-corrected chi connectivity index (χ0v) is 14.7. The van der Waals surface area contributed by atoms with Gasteiger partial charge in [-0.05, 0) is 37.3 Å². The number of hydrogen-bond acceptors (Lipinski definition) is 4. The van der Waals surface area contributed by atoms with Crippen LogP contribution in [0, 0.1) is 6.92 Å². The van der Waals surface area contributed by atoms with Gasteiger partial charge >= 0.3 is 6.61 Å². The van der Waals surface area contributed by atoms with E-state index in [1.807, 2.05) is 0 Å². The minimum atomic E-state index is -3.03. The Balaban J connectivity index is 1.69. The zero-order valence-electron chi connectivity index (χ0n) is 14.0. The fourth-order valence-corrected chi connectivity index (χ4v) is 2.89. The number of nitrogens with zero attached hydrogens (tertiary/aromatic N) is 1. The van der Waals surface area contributed by atoms with Crippen LogP contribution < -0.4 is 10.1 Å². The molecule has 0 bridgehead atoms. The molecule has 1 heterocycles. The van der Waals surface area contributed by atoms with Gasteiger partial charge in [0.15, 0.2) is 0 Å².